The van der Waals surface area contributed by atoms with E-state index in [1.165, 1.54) is 0 Å². The second-order valence-electron chi connectivity index (χ2n) is 4.92. The van der Waals surface area contributed by atoms with Crippen molar-refractivity contribution in [3.8, 4) is 5.75 Å². The number of ether oxygens (including phenoxy) is 1. The summed E-state index contributed by atoms with van der Waals surface area (Å²) in [7, 11) is 0. The van der Waals surface area contributed by atoms with Crippen LogP contribution >= 0.6 is 0 Å². The zero-order valence-electron chi connectivity index (χ0n) is 11.5. The third kappa shape index (κ3) is 2.95. The SMILES string of the molecule is N[C@@H](Cc1ccccc1)C(=O)Oc1c[nH]c2ccccc12. The molecule has 3 rings (SSSR count). The van der Waals surface area contributed by atoms with Gasteiger partial charge in [0, 0.05) is 17.1 Å². The van der Waals surface area contributed by atoms with Crippen molar-refractivity contribution in [1.29, 1.82) is 0 Å². The quantitative estimate of drug-likeness (QED) is 0.722. The Morgan fingerprint density at radius 1 is 1.10 bits per heavy atom. The normalized spacial score (nSPS) is 12.2. The molecule has 0 aliphatic heterocycles. The number of carbonyl (C=O) groups is 1. The van der Waals surface area contributed by atoms with Crippen LogP contribution in [0.15, 0.2) is 60.8 Å². The van der Waals surface area contributed by atoms with E-state index < -0.39 is 12.0 Å². The number of carbonyl (C=O) groups excluding carboxylic acids is 1. The lowest BCUT2D eigenvalue weighted by Crippen LogP contribution is -2.36. The molecule has 2 aromatic carbocycles. The molecule has 0 aliphatic rings. The van der Waals surface area contributed by atoms with Gasteiger partial charge in [-0.05, 0) is 24.1 Å². The van der Waals surface area contributed by atoms with E-state index in [9.17, 15) is 4.79 Å². The number of hydrogen-bond donors (Lipinski definition) is 2. The predicted octanol–water partition coefficient (Wildman–Crippen LogP) is 2.64. The highest BCUT2D eigenvalue weighted by molar-refractivity contribution is 5.89. The molecule has 1 heterocycles. The fraction of sp³-hybridized carbons (Fsp3) is 0.118. The predicted molar refractivity (Wildman–Crippen MR) is 82.1 cm³/mol. The van der Waals surface area contributed by atoms with Gasteiger partial charge in [-0.15, -0.1) is 0 Å². The maximum atomic E-state index is 12.1. The van der Waals surface area contributed by atoms with Crippen molar-refractivity contribution in [2.24, 2.45) is 5.73 Å². The Bertz CT molecular complexity index is 750. The van der Waals surface area contributed by atoms with Gasteiger partial charge in [0.2, 0.25) is 0 Å². The van der Waals surface area contributed by atoms with Gasteiger partial charge in [-0.25, -0.2) is 4.79 Å². The molecule has 0 bridgehead atoms. The van der Waals surface area contributed by atoms with Crippen molar-refractivity contribution in [3.63, 3.8) is 0 Å². The Hall–Kier alpha value is -2.59. The molecule has 0 spiro atoms. The zero-order chi connectivity index (χ0) is 14.7. The van der Waals surface area contributed by atoms with Crippen LogP contribution in [0.2, 0.25) is 0 Å². The molecule has 3 N–H and O–H groups in total. The van der Waals surface area contributed by atoms with E-state index in [2.05, 4.69) is 4.98 Å². The van der Waals surface area contributed by atoms with Gasteiger partial charge in [-0.1, -0.05) is 42.5 Å². The highest BCUT2D eigenvalue weighted by atomic mass is 16.5. The summed E-state index contributed by atoms with van der Waals surface area (Å²) in [4.78, 5) is 15.2. The second-order valence-corrected chi connectivity index (χ2v) is 4.92. The van der Waals surface area contributed by atoms with E-state index in [1.54, 1.807) is 6.20 Å². The minimum absolute atomic E-state index is 0.427. The fourth-order valence-electron chi connectivity index (χ4n) is 2.26. The molecule has 1 atom stereocenters. The van der Waals surface area contributed by atoms with Crippen LogP contribution in [-0.4, -0.2) is 17.0 Å². The zero-order valence-corrected chi connectivity index (χ0v) is 11.5. The Morgan fingerprint density at radius 2 is 1.81 bits per heavy atom. The molecule has 1 aromatic heterocycles. The first-order valence-electron chi connectivity index (χ1n) is 6.81. The van der Waals surface area contributed by atoms with Crippen LogP contribution in [0.25, 0.3) is 10.9 Å². The number of fused-ring (bicyclic) bond motifs is 1. The van der Waals surface area contributed by atoms with Crippen LogP contribution in [0.4, 0.5) is 0 Å². The van der Waals surface area contributed by atoms with E-state index in [0.29, 0.717) is 12.2 Å². The first kappa shape index (κ1) is 13.4. The van der Waals surface area contributed by atoms with Gasteiger partial charge in [0.05, 0.1) is 0 Å². The molecule has 106 valence electrons. The summed E-state index contributed by atoms with van der Waals surface area (Å²) in [6.07, 6.45) is 2.14. The number of aromatic nitrogens is 1. The first-order chi connectivity index (χ1) is 10.2. The van der Waals surface area contributed by atoms with Crippen LogP contribution in [0.1, 0.15) is 5.56 Å². The average molecular weight is 280 g/mol. The number of nitrogens with two attached hydrogens (primary N) is 1. The lowest BCUT2D eigenvalue weighted by molar-refractivity contribution is -0.135. The molecule has 0 fully saturated rings. The minimum atomic E-state index is -0.680. The average Bonchev–Trinajstić information content (AvgIpc) is 2.91. The molecular weight excluding hydrogens is 264 g/mol. The highest BCUT2D eigenvalue weighted by Crippen LogP contribution is 2.25. The molecule has 0 amide bonds. The van der Waals surface area contributed by atoms with Gasteiger partial charge in [0.15, 0.2) is 5.75 Å². The smallest absolute Gasteiger partial charge is 0.328 e. The number of aromatic amines is 1. The standard InChI is InChI=1S/C17H16N2O2/c18-14(10-12-6-2-1-3-7-12)17(20)21-16-11-19-15-9-5-4-8-13(15)16/h1-9,11,14,19H,10,18H2/t14-/m0/s1. The Morgan fingerprint density at radius 3 is 2.62 bits per heavy atom. The molecule has 3 aromatic rings. The third-order valence-electron chi connectivity index (χ3n) is 3.36. The summed E-state index contributed by atoms with van der Waals surface area (Å²) in [6.45, 7) is 0. The minimum Gasteiger partial charge on any atom is -0.423 e. The molecule has 0 unspecified atom stereocenters. The fourth-order valence-corrected chi connectivity index (χ4v) is 2.26. The van der Waals surface area contributed by atoms with Gasteiger partial charge >= 0.3 is 5.97 Å². The highest BCUT2D eigenvalue weighted by Gasteiger charge is 2.18. The summed E-state index contributed by atoms with van der Waals surface area (Å²) >= 11 is 0. The molecule has 0 saturated carbocycles. The van der Waals surface area contributed by atoms with Crippen LogP contribution in [0.5, 0.6) is 5.75 Å². The largest absolute Gasteiger partial charge is 0.423 e. The summed E-state index contributed by atoms with van der Waals surface area (Å²) in [6, 6.07) is 16.6. The molecule has 0 radical (unpaired) electrons. The number of para-hydroxylation sites is 1. The Kier molecular flexibility index (Phi) is 3.71. The van der Waals surface area contributed by atoms with Crippen molar-refractivity contribution < 1.29 is 9.53 Å². The van der Waals surface area contributed by atoms with Gasteiger partial charge in [-0.3, -0.25) is 0 Å². The van der Waals surface area contributed by atoms with Gasteiger partial charge in [0.1, 0.15) is 6.04 Å². The van der Waals surface area contributed by atoms with Crippen molar-refractivity contribution in [2.75, 3.05) is 0 Å². The Balaban J connectivity index is 1.71. The maximum Gasteiger partial charge on any atom is 0.328 e. The van der Waals surface area contributed by atoms with Crippen LogP contribution in [0, 0.1) is 0 Å². The second kappa shape index (κ2) is 5.81. The van der Waals surface area contributed by atoms with E-state index >= 15 is 0 Å². The third-order valence-corrected chi connectivity index (χ3v) is 3.36. The van der Waals surface area contributed by atoms with Crippen LogP contribution < -0.4 is 10.5 Å². The number of benzene rings is 2. The summed E-state index contributed by atoms with van der Waals surface area (Å²) in [5, 5.41) is 0.873. The molecule has 4 nitrogen and oxygen atoms in total. The monoisotopic (exact) mass is 280 g/mol. The number of H-pyrrole nitrogens is 1. The maximum absolute atomic E-state index is 12.1. The van der Waals surface area contributed by atoms with Crippen molar-refractivity contribution in [2.45, 2.75) is 12.5 Å². The number of hydrogen-bond acceptors (Lipinski definition) is 3. The van der Waals surface area contributed by atoms with Crippen molar-refractivity contribution in [1.82, 2.24) is 4.98 Å². The topological polar surface area (TPSA) is 68.1 Å². The molecule has 4 heteroatoms. The molecule has 0 aliphatic carbocycles. The molecule has 21 heavy (non-hydrogen) atoms. The number of rotatable bonds is 4. The summed E-state index contributed by atoms with van der Waals surface area (Å²) in [5.74, 6) is 0.0858. The van der Waals surface area contributed by atoms with Crippen LogP contribution in [-0.2, 0) is 11.2 Å². The van der Waals surface area contributed by atoms with E-state index in [1.807, 2.05) is 54.6 Å². The number of nitrogens with one attached hydrogen (secondary N) is 1. The first-order valence-corrected chi connectivity index (χ1v) is 6.81. The van der Waals surface area contributed by atoms with Crippen LogP contribution in [0.3, 0.4) is 0 Å². The van der Waals surface area contributed by atoms with Crippen molar-refractivity contribution >= 4 is 16.9 Å². The van der Waals surface area contributed by atoms with Gasteiger partial charge in [0.25, 0.3) is 0 Å². The van der Waals surface area contributed by atoms with E-state index in [0.717, 1.165) is 16.5 Å². The van der Waals surface area contributed by atoms with Gasteiger partial charge in [-0.2, -0.15) is 0 Å². The van der Waals surface area contributed by atoms with E-state index in [-0.39, 0.29) is 0 Å². The summed E-state index contributed by atoms with van der Waals surface area (Å²) in [5.41, 5.74) is 7.87. The lowest BCUT2D eigenvalue weighted by atomic mass is 10.1. The van der Waals surface area contributed by atoms with Crippen molar-refractivity contribution in [3.05, 3.63) is 66.4 Å². The van der Waals surface area contributed by atoms with Gasteiger partial charge < -0.3 is 15.5 Å². The summed E-state index contributed by atoms with van der Waals surface area (Å²) < 4.78 is 5.41. The molecule has 0 saturated heterocycles. The Labute approximate surface area is 122 Å². The van der Waals surface area contributed by atoms with E-state index in [4.69, 9.17) is 10.5 Å². The lowest BCUT2D eigenvalue weighted by Gasteiger charge is -2.10. The number of esters is 1. The molecular formula is C17H16N2O2.